The second kappa shape index (κ2) is 8.94. The quantitative estimate of drug-likeness (QED) is 0.478. The lowest BCUT2D eigenvalue weighted by molar-refractivity contribution is 0.414. The average molecular weight is 350 g/mol. The summed E-state index contributed by atoms with van der Waals surface area (Å²) in [6, 6.07) is 16.7. The smallest absolute Gasteiger partial charge is 0.191 e. The number of ether oxygens (including phenoxy) is 1. The Hall–Kier alpha value is -2.95. The van der Waals surface area contributed by atoms with Gasteiger partial charge in [0.15, 0.2) is 5.96 Å². The second-order valence-corrected chi connectivity index (χ2v) is 6.17. The molecular formula is C21H26N4O. The second-order valence-electron chi connectivity index (χ2n) is 6.17. The number of nitrogens with one attached hydrogen (secondary N) is 2. The molecule has 5 heteroatoms. The molecule has 1 aliphatic heterocycles. The summed E-state index contributed by atoms with van der Waals surface area (Å²) >= 11 is 0. The molecule has 0 amide bonds. The van der Waals surface area contributed by atoms with Gasteiger partial charge < -0.3 is 20.3 Å². The van der Waals surface area contributed by atoms with Crippen LogP contribution in [0.2, 0.25) is 0 Å². The van der Waals surface area contributed by atoms with Gasteiger partial charge in [-0.05, 0) is 35.4 Å². The maximum atomic E-state index is 5.19. The van der Waals surface area contributed by atoms with Gasteiger partial charge in [-0.3, -0.25) is 4.99 Å². The fraction of sp³-hybridized carbons (Fsp3) is 0.286. The summed E-state index contributed by atoms with van der Waals surface area (Å²) in [7, 11) is 3.46. The van der Waals surface area contributed by atoms with Gasteiger partial charge in [-0.1, -0.05) is 36.4 Å². The zero-order valence-electron chi connectivity index (χ0n) is 15.4. The molecule has 0 aliphatic carbocycles. The van der Waals surface area contributed by atoms with Gasteiger partial charge in [0.25, 0.3) is 0 Å². The van der Waals surface area contributed by atoms with Crippen molar-refractivity contribution in [2.75, 3.05) is 32.1 Å². The van der Waals surface area contributed by atoms with Crippen molar-refractivity contribution in [3.63, 3.8) is 0 Å². The fourth-order valence-corrected chi connectivity index (χ4v) is 2.89. The van der Waals surface area contributed by atoms with Crippen LogP contribution in [0, 0.1) is 0 Å². The van der Waals surface area contributed by atoms with E-state index in [1.54, 1.807) is 14.2 Å². The highest BCUT2D eigenvalue weighted by atomic mass is 16.5. The first kappa shape index (κ1) is 17.9. The summed E-state index contributed by atoms with van der Waals surface area (Å²) in [5, 5.41) is 6.72. The van der Waals surface area contributed by atoms with E-state index in [1.807, 2.05) is 24.3 Å². The minimum absolute atomic E-state index is 0.711. The number of benzene rings is 2. The lowest BCUT2D eigenvalue weighted by Crippen LogP contribution is -2.36. The fourth-order valence-electron chi connectivity index (χ4n) is 2.89. The number of anilines is 1. The van der Waals surface area contributed by atoms with Crippen molar-refractivity contribution >= 4 is 11.6 Å². The molecule has 1 heterocycles. The molecule has 0 radical (unpaired) electrons. The monoisotopic (exact) mass is 350 g/mol. The van der Waals surface area contributed by atoms with E-state index < -0.39 is 0 Å². The van der Waals surface area contributed by atoms with E-state index in [1.165, 1.54) is 16.8 Å². The van der Waals surface area contributed by atoms with Crippen LogP contribution >= 0.6 is 0 Å². The molecule has 0 spiro atoms. The Morgan fingerprint density at radius 3 is 2.35 bits per heavy atom. The standard InChI is InChI=1S/C21H26N4O/c1-22-21(23-15-17-8-10-20(26-2)11-9-17)24-16-18-6-5-7-19(14-18)25-12-3-4-13-25/h3-11,14H,12-13,15-16H2,1-2H3,(H2,22,23,24). The van der Waals surface area contributed by atoms with Crippen molar-refractivity contribution in [2.24, 2.45) is 4.99 Å². The van der Waals surface area contributed by atoms with E-state index >= 15 is 0 Å². The van der Waals surface area contributed by atoms with E-state index in [4.69, 9.17) is 4.74 Å². The van der Waals surface area contributed by atoms with Crippen molar-refractivity contribution in [1.82, 2.24) is 10.6 Å². The number of guanidine groups is 1. The van der Waals surface area contributed by atoms with Crippen LogP contribution in [0.5, 0.6) is 5.75 Å². The molecule has 0 unspecified atom stereocenters. The average Bonchev–Trinajstić information content (AvgIpc) is 3.24. The Bertz CT molecular complexity index is 760. The molecule has 0 saturated heterocycles. The van der Waals surface area contributed by atoms with E-state index in [0.717, 1.165) is 31.3 Å². The lowest BCUT2D eigenvalue weighted by atomic mass is 10.2. The van der Waals surface area contributed by atoms with Crippen LogP contribution in [0.4, 0.5) is 5.69 Å². The highest BCUT2D eigenvalue weighted by molar-refractivity contribution is 5.79. The van der Waals surface area contributed by atoms with Gasteiger partial charge >= 0.3 is 0 Å². The molecule has 0 aromatic heterocycles. The Balaban J connectivity index is 1.51. The van der Waals surface area contributed by atoms with Crippen molar-refractivity contribution < 1.29 is 4.74 Å². The normalized spacial score (nSPS) is 13.8. The summed E-state index contributed by atoms with van der Waals surface area (Å²) in [6.07, 6.45) is 4.41. The summed E-state index contributed by atoms with van der Waals surface area (Å²) in [6.45, 7) is 3.42. The number of nitrogens with zero attached hydrogens (tertiary/aromatic N) is 2. The molecule has 136 valence electrons. The lowest BCUT2D eigenvalue weighted by Gasteiger charge is -2.19. The summed E-state index contributed by atoms with van der Waals surface area (Å²) < 4.78 is 5.19. The Kier molecular flexibility index (Phi) is 6.14. The Labute approximate surface area is 155 Å². The van der Waals surface area contributed by atoms with E-state index in [0.29, 0.717) is 6.54 Å². The van der Waals surface area contributed by atoms with Crippen molar-refractivity contribution in [3.05, 3.63) is 71.8 Å². The van der Waals surface area contributed by atoms with Crippen molar-refractivity contribution in [2.45, 2.75) is 13.1 Å². The topological polar surface area (TPSA) is 48.9 Å². The maximum Gasteiger partial charge on any atom is 0.191 e. The molecule has 0 atom stereocenters. The van der Waals surface area contributed by atoms with E-state index in [-0.39, 0.29) is 0 Å². The molecule has 26 heavy (non-hydrogen) atoms. The predicted molar refractivity (Wildman–Crippen MR) is 108 cm³/mol. The first-order valence-electron chi connectivity index (χ1n) is 8.85. The van der Waals surface area contributed by atoms with Gasteiger partial charge in [-0.25, -0.2) is 0 Å². The third-order valence-electron chi connectivity index (χ3n) is 4.40. The van der Waals surface area contributed by atoms with Gasteiger partial charge in [-0.15, -0.1) is 0 Å². The highest BCUT2D eigenvalue weighted by Crippen LogP contribution is 2.18. The summed E-state index contributed by atoms with van der Waals surface area (Å²) in [5.74, 6) is 1.65. The highest BCUT2D eigenvalue weighted by Gasteiger charge is 2.08. The molecule has 0 fully saturated rings. The SMILES string of the molecule is CN=C(NCc1ccc(OC)cc1)NCc1cccc(N2CC=CC2)c1. The third-order valence-corrected chi connectivity index (χ3v) is 4.40. The van der Waals surface area contributed by atoms with Gasteiger partial charge in [0.05, 0.1) is 7.11 Å². The first-order chi connectivity index (χ1) is 12.8. The van der Waals surface area contributed by atoms with Crippen LogP contribution in [0.3, 0.4) is 0 Å². The van der Waals surface area contributed by atoms with Gasteiger partial charge in [0, 0.05) is 38.9 Å². The number of methoxy groups -OCH3 is 1. The van der Waals surface area contributed by atoms with Gasteiger partial charge in [0.1, 0.15) is 5.75 Å². The Morgan fingerprint density at radius 1 is 1.00 bits per heavy atom. The Morgan fingerprint density at radius 2 is 1.69 bits per heavy atom. The zero-order valence-corrected chi connectivity index (χ0v) is 15.4. The number of rotatable bonds is 6. The summed E-state index contributed by atoms with van der Waals surface area (Å²) in [5.41, 5.74) is 3.68. The molecule has 0 saturated carbocycles. The van der Waals surface area contributed by atoms with Crippen molar-refractivity contribution in [1.29, 1.82) is 0 Å². The van der Waals surface area contributed by atoms with Crippen LogP contribution in [0.15, 0.2) is 65.7 Å². The molecule has 5 nitrogen and oxygen atoms in total. The van der Waals surface area contributed by atoms with Crippen LogP contribution < -0.4 is 20.3 Å². The van der Waals surface area contributed by atoms with Crippen LogP contribution in [-0.2, 0) is 13.1 Å². The zero-order chi connectivity index (χ0) is 18.2. The molecule has 2 aromatic rings. The minimum Gasteiger partial charge on any atom is -0.497 e. The molecule has 2 aromatic carbocycles. The minimum atomic E-state index is 0.711. The summed E-state index contributed by atoms with van der Waals surface area (Å²) in [4.78, 5) is 6.65. The first-order valence-corrected chi connectivity index (χ1v) is 8.85. The van der Waals surface area contributed by atoms with Gasteiger partial charge in [0.2, 0.25) is 0 Å². The molecular weight excluding hydrogens is 324 g/mol. The number of hydrogen-bond acceptors (Lipinski definition) is 3. The van der Waals surface area contributed by atoms with Crippen LogP contribution in [0.25, 0.3) is 0 Å². The molecule has 3 rings (SSSR count). The number of hydrogen-bond donors (Lipinski definition) is 2. The molecule has 2 N–H and O–H groups in total. The predicted octanol–water partition coefficient (Wildman–Crippen LogP) is 2.94. The van der Waals surface area contributed by atoms with E-state index in [2.05, 4.69) is 56.9 Å². The van der Waals surface area contributed by atoms with Crippen molar-refractivity contribution in [3.8, 4) is 5.75 Å². The molecule has 1 aliphatic rings. The molecule has 0 bridgehead atoms. The third kappa shape index (κ3) is 4.79. The van der Waals surface area contributed by atoms with Gasteiger partial charge in [-0.2, -0.15) is 0 Å². The maximum absolute atomic E-state index is 5.19. The van der Waals surface area contributed by atoms with Crippen LogP contribution in [0.1, 0.15) is 11.1 Å². The number of aliphatic imine (C=N–C) groups is 1. The largest absolute Gasteiger partial charge is 0.497 e. The van der Waals surface area contributed by atoms with E-state index in [9.17, 15) is 0 Å². The van der Waals surface area contributed by atoms with Crippen LogP contribution in [-0.4, -0.2) is 33.2 Å².